The number of aliphatic hydroxyl groups is 2. The fourth-order valence-corrected chi connectivity index (χ4v) is 5.68. The minimum absolute atomic E-state index is 0. The van der Waals surface area contributed by atoms with E-state index in [2.05, 4.69) is 51.8 Å². The lowest BCUT2D eigenvalue weighted by atomic mass is 10.0. The molecule has 4 rings (SSSR count). The van der Waals surface area contributed by atoms with Crippen molar-refractivity contribution in [3.8, 4) is 0 Å². The highest BCUT2D eigenvalue weighted by Gasteiger charge is 2.43. The number of imide groups is 2. The summed E-state index contributed by atoms with van der Waals surface area (Å²) in [5.41, 5.74) is 0. The molecule has 4 saturated heterocycles. The number of carbonyl (C=O) groups is 6. The first-order valence-electron chi connectivity index (χ1n) is 13.0. The lowest BCUT2D eigenvalue weighted by Gasteiger charge is -2.33. The Morgan fingerprint density at radius 3 is 1.63 bits per heavy atom. The van der Waals surface area contributed by atoms with Crippen LogP contribution in [-0.4, -0.2) is 114 Å². The third-order valence-corrected chi connectivity index (χ3v) is 8.49. The van der Waals surface area contributed by atoms with Crippen molar-refractivity contribution in [2.24, 2.45) is 5.92 Å². The average Bonchev–Trinajstić information content (AvgIpc) is 3.45. The molecule has 0 aromatic carbocycles. The SMILES string of the molecule is C.C.CC(=O)OC(C)=O.CC[C@H]1O[C@@H](N2CC(I)C(=O)NC2=O)C[C@H]1C.O=C1NC(=O)N([C@H]2C[C@@H](O)[C@@H](CO)O2)CC1I. The lowest BCUT2D eigenvalue weighted by molar-refractivity contribution is -0.156. The molecule has 4 N–H and O–H groups in total. The summed E-state index contributed by atoms with van der Waals surface area (Å²) in [6.45, 7) is 7.00. The topological polar surface area (TPSA) is 201 Å². The number of hydrogen-bond donors (Lipinski definition) is 4. The lowest BCUT2D eigenvalue weighted by Crippen LogP contribution is -2.58. The van der Waals surface area contributed by atoms with E-state index < -0.39 is 36.4 Å². The second-order valence-corrected chi connectivity index (χ2v) is 12.8. The fourth-order valence-electron chi connectivity index (χ4n) is 4.52. The minimum atomic E-state index is -0.789. The maximum Gasteiger partial charge on any atom is 0.326 e. The first-order chi connectivity index (χ1) is 19.2. The molecule has 0 aromatic heterocycles. The molecule has 4 heterocycles. The van der Waals surface area contributed by atoms with Crippen LogP contribution in [0.15, 0.2) is 0 Å². The van der Waals surface area contributed by atoms with Gasteiger partial charge in [0.25, 0.3) is 0 Å². The number of aliphatic hydroxyl groups excluding tert-OH is 2. The van der Waals surface area contributed by atoms with Gasteiger partial charge in [0, 0.05) is 33.4 Å². The van der Waals surface area contributed by atoms with Crippen LogP contribution >= 0.6 is 45.2 Å². The second kappa shape index (κ2) is 19.0. The number of alkyl halides is 2. The molecule has 4 fully saturated rings. The first-order valence-corrected chi connectivity index (χ1v) is 15.5. The van der Waals surface area contributed by atoms with E-state index in [4.69, 9.17) is 14.6 Å². The Morgan fingerprint density at radius 1 is 0.884 bits per heavy atom. The zero-order chi connectivity index (χ0) is 31.0. The molecular formula is C26H44I2N4O11. The summed E-state index contributed by atoms with van der Waals surface area (Å²) < 4.78 is 14.7. The van der Waals surface area contributed by atoms with Crippen LogP contribution in [0.1, 0.15) is 61.8 Å². The van der Waals surface area contributed by atoms with Crippen molar-refractivity contribution >= 4 is 81.0 Å². The van der Waals surface area contributed by atoms with Gasteiger partial charge in [0.2, 0.25) is 11.8 Å². The van der Waals surface area contributed by atoms with Gasteiger partial charge in [0.15, 0.2) is 0 Å². The Labute approximate surface area is 279 Å². The molecule has 248 valence electrons. The van der Waals surface area contributed by atoms with Crippen LogP contribution in [0.4, 0.5) is 9.59 Å². The normalized spacial score (nSPS) is 31.6. The fraction of sp³-hybridized carbons (Fsp3) is 0.769. The van der Waals surface area contributed by atoms with Crippen LogP contribution in [0.25, 0.3) is 0 Å². The molecule has 8 atom stereocenters. The van der Waals surface area contributed by atoms with Crippen LogP contribution in [0.2, 0.25) is 0 Å². The minimum Gasteiger partial charge on any atom is -0.394 e. The highest BCUT2D eigenvalue weighted by Crippen LogP contribution is 2.31. The highest BCUT2D eigenvalue weighted by molar-refractivity contribution is 14.1. The molecule has 0 bridgehead atoms. The molecule has 0 saturated carbocycles. The molecule has 0 aliphatic carbocycles. The quantitative estimate of drug-likeness (QED) is 0.139. The zero-order valence-corrected chi connectivity index (χ0v) is 27.4. The summed E-state index contributed by atoms with van der Waals surface area (Å²) in [4.78, 5) is 68.6. The molecule has 17 heteroatoms. The van der Waals surface area contributed by atoms with Crippen LogP contribution in [0.5, 0.6) is 0 Å². The van der Waals surface area contributed by atoms with Crippen LogP contribution in [-0.2, 0) is 33.4 Å². The van der Waals surface area contributed by atoms with Gasteiger partial charge in [-0.05, 0) is 18.8 Å². The number of carbonyl (C=O) groups excluding carboxylic acids is 6. The predicted molar refractivity (Wildman–Crippen MR) is 171 cm³/mol. The van der Waals surface area contributed by atoms with Gasteiger partial charge in [0.05, 0.1) is 18.8 Å². The van der Waals surface area contributed by atoms with Crippen molar-refractivity contribution in [3.05, 3.63) is 0 Å². The molecule has 6 amide bonds. The van der Waals surface area contributed by atoms with Crippen LogP contribution in [0, 0.1) is 5.92 Å². The molecule has 0 radical (unpaired) electrons. The summed E-state index contributed by atoms with van der Waals surface area (Å²) in [7, 11) is 0. The molecule has 2 unspecified atom stereocenters. The number of rotatable bonds is 4. The molecule has 43 heavy (non-hydrogen) atoms. The number of amides is 6. The van der Waals surface area contributed by atoms with E-state index in [1.807, 2.05) is 22.6 Å². The van der Waals surface area contributed by atoms with Crippen molar-refractivity contribution in [2.75, 3.05) is 19.7 Å². The summed E-state index contributed by atoms with van der Waals surface area (Å²) >= 11 is 3.99. The van der Waals surface area contributed by atoms with E-state index in [1.54, 1.807) is 4.90 Å². The van der Waals surface area contributed by atoms with Crippen molar-refractivity contribution in [1.82, 2.24) is 20.4 Å². The molecule has 4 aliphatic heterocycles. The van der Waals surface area contributed by atoms with Gasteiger partial charge >= 0.3 is 24.0 Å². The molecule has 15 nitrogen and oxygen atoms in total. The smallest absolute Gasteiger partial charge is 0.326 e. The maximum absolute atomic E-state index is 11.7. The van der Waals surface area contributed by atoms with E-state index in [1.165, 1.54) is 18.7 Å². The van der Waals surface area contributed by atoms with Gasteiger partial charge in [-0.1, -0.05) is 73.9 Å². The third-order valence-electron chi connectivity index (χ3n) is 6.57. The van der Waals surface area contributed by atoms with Gasteiger partial charge in [-0.3, -0.25) is 39.6 Å². The molecular weight excluding hydrogens is 798 g/mol. The Balaban J connectivity index is 0.000000652. The largest absolute Gasteiger partial charge is 0.394 e. The number of nitrogens with one attached hydrogen (secondary N) is 2. The number of ether oxygens (including phenoxy) is 3. The predicted octanol–water partition coefficient (Wildman–Crippen LogP) is 1.68. The number of urea groups is 2. The molecule has 0 spiro atoms. The summed E-state index contributed by atoms with van der Waals surface area (Å²) in [5, 5.41) is 23.1. The Hall–Kier alpha value is -1.68. The molecule has 0 aromatic rings. The Bertz CT molecular complexity index is 928. The number of nitrogens with zero attached hydrogens (tertiary/aromatic N) is 2. The van der Waals surface area contributed by atoms with E-state index in [0.717, 1.165) is 12.8 Å². The first kappa shape index (κ1) is 41.3. The van der Waals surface area contributed by atoms with E-state index in [0.29, 0.717) is 12.5 Å². The Morgan fingerprint density at radius 2 is 1.30 bits per heavy atom. The average molecular weight is 842 g/mol. The van der Waals surface area contributed by atoms with Crippen molar-refractivity contribution in [2.45, 2.75) is 100 Å². The van der Waals surface area contributed by atoms with Gasteiger partial charge in [-0.2, -0.15) is 0 Å². The van der Waals surface area contributed by atoms with Gasteiger partial charge in [0.1, 0.15) is 26.4 Å². The summed E-state index contributed by atoms with van der Waals surface area (Å²) in [6, 6.07) is -0.837. The van der Waals surface area contributed by atoms with Gasteiger partial charge < -0.3 is 24.4 Å². The van der Waals surface area contributed by atoms with Crippen molar-refractivity contribution < 1.29 is 53.2 Å². The number of halogens is 2. The zero-order valence-electron chi connectivity index (χ0n) is 23.1. The van der Waals surface area contributed by atoms with E-state index in [9.17, 15) is 33.9 Å². The standard InChI is InChI=1S/C11H17IN2O3.C9H13IN2O5.C4H6O3.2CH4/c1-3-8-6(2)4-9(17-8)14-5-7(12)10(15)13-11(14)16;10-4-2-12(9(16)11-8(4)15)7-1-5(14)6(3-13)17-7;1-3(5)7-4(2)6;;/h6-9H,3-5H2,1-2H3,(H,13,15,16);4-7,13-14H,1-3H2,(H,11,15,16);1-2H3;2*1H4/t6-,7?,8-,9-;4?,5-,6-,7-;;;/m11.../s1. The van der Waals surface area contributed by atoms with Crippen molar-refractivity contribution in [1.29, 1.82) is 0 Å². The van der Waals surface area contributed by atoms with Gasteiger partial charge in [-0.15, -0.1) is 0 Å². The summed E-state index contributed by atoms with van der Waals surface area (Å²) in [5.74, 6) is -1.18. The number of hydrogen-bond acceptors (Lipinski definition) is 11. The number of esters is 2. The van der Waals surface area contributed by atoms with E-state index in [-0.39, 0.29) is 72.5 Å². The monoisotopic (exact) mass is 842 g/mol. The molecule has 4 aliphatic rings. The van der Waals surface area contributed by atoms with Crippen LogP contribution in [0.3, 0.4) is 0 Å². The van der Waals surface area contributed by atoms with E-state index >= 15 is 0 Å². The summed E-state index contributed by atoms with van der Waals surface area (Å²) in [6.07, 6.45) is 0.0476. The maximum atomic E-state index is 11.7. The van der Waals surface area contributed by atoms with Crippen molar-refractivity contribution in [3.63, 3.8) is 0 Å². The van der Waals surface area contributed by atoms with Crippen LogP contribution < -0.4 is 10.6 Å². The highest BCUT2D eigenvalue weighted by atomic mass is 127. The van der Waals surface area contributed by atoms with Gasteiger partial charge in [-0.25, -0.2) is 9.59 Å². The third kappa shape index (κ3) is 12.0. The Kier molecular flexibility index (Phi) is 18.2. The second-order valence-electron chi connectivity index (χ2n) is 9.78.